The van der Waals surface area contributed by atoms with E-state index in [9.17, 15) is 9.90 Å². The molecule has 0 heterocycles. The summed E-state index contributed by atoms with van der Waals surface area (Å²) in [6.45, 7) is 9.75. The molecular weight excluding hydrogens is 332 g/mol. The lowest BCUT2D eigenvalue weighted by atomic mass is 9.46. The van der Waals surface area contributed by atoms with Gasteiger partial charge in [0.05, 0.1) is 6.10 Å². The quantitative estimate of drug-likeness (QED) is 0.369. The fourth-order valence-electron chi connectivity index (χ4n) is 8.31. The van der Waals surface area contributed by atoms with Crippen molar-refractivity contribution in [3.63, 3.8) is 0 Å². The number of carbonyl (C=O) groups is 1. The smallest absolute Gasteiger partial charge is 0.119 e. The van der Waals surface area contributed by atoms with Crippen LogP contribution in [0, 0.1) is 34.0 Å². The molecule has 4 aliphatic rings. The van der Waals surface area contributed by atoms with Crippen LogP contribution in [0.25, 0.3) is 0 Å². The Morgan fingerprint density at radius 1 is 1.04 bits per heavy atom. The molecule has 0 radical (unpaired) electrons. The van der Waals surface area contributed by atoms with Crippen LogP contribution < -0.4 is 0 Å². The van der Waals surface area contributed by atoms with Gasteiger partial charge in [-0.3, -0.25) is 0 Å². The number of rotatable bonds is 4. The molecule has 2 heteroatoms. The number of hydrogen-bond donors (Lipinski definition) is 1. The van der Waals surface area contributed by atoms with Crippen molar-refractivity contribution in [2.24, 2.45) is 34.0 Å². The first kappa shape index (κ1) is 19.7. The summed E-state index contributed by atoms with van der Waals surface area (Å²) >= 11 is 0. The Morgan fingerprint density at radius 3 is 2.56 bits per heavy atom. The van der Waals surface area contributed by atoms with E-state index in [-0.39, 0.29) is 11.5 Å². The summed E-state index contributed by atoms with van der Waals surface area (Å²) in [5, 5.41) is 10.7. The summed E-state index contributed by atoms with van der Waals surface area (Å²) in [5.41, 5.74) is 4.48. The lowest BCUT2D eigenvalue weighted by molar-refractivity contribution is -0.108. The van der Waals surface area contributed by atoms with Gasteiger partial charge in [0.1, 0.15) is 6.29 Å². The summed E-state index contributed by atoms with van der Waals surface area (Å²) < 4.78 is 0. The highest BCUT2D eigenvalue weighted by molar-refractivity contribution is 5.49. The summed E-state index contributed by atoms with van der Waals surface area (Å²) in [6, 6.07) is 0. The molecule has 0 aromatic rings. The Kier molecular flexibility index (Phi) is 4.89. The van der Waals surface area contributed by atoms with Crippen molar-refractivity contribution in [1.82, 2.24) is 0 Å². The number of allylic oxidation sites excluding steroid dienone is 2. The molecule has 2 nitrogen and oxygen atoms in total. The molecule has 0 aromatic carbocycles. The Bertz CT molecular complexity index is 632. The van der Waals surface area contributed by atoms with Crippen LogP contribution in [0.2, 0.25) is 0 Å². The van der Waals surface area contributed by atoms with Crippen LogP contribution in [-0.2, 0) is 4.79 Å². The number of aldehydes is 1. The lowest BCUT2D eigenvalue weighted by Gasteiger charge is -2.59. The fraction of sp³-hybridized carbons (Fsp3) is 0.880. The van der Waals surface area contributed by atoms with E-state index in [1.165, 1.54) is 51.4 Å². The van der Waals surface area contributed by atoms with Crippen LogP contribution >= 0.6 is 0 Å². The third-order valence-electron chi connectivity index (χ3n) is 9.98. The van der Waals surface area contributed by atoms with Gasteiger partial charge >= 0.3 is 0 Å². The number of carbonyl (C=O) groups excluding carboxylic acids is 1. The minimum absolute atomic E-state index is 0.0410. The molecule has 0 bridgehead atoms. The molecule has 0 saturated heterocycles. The molecule has 2 saturated carbocycles. The fourth-order valence-corrected chi connectivity index (χ4v) is 8.31. The molecule has 27 heavy (non-hydrogen) atoms. The molecule has 0 spiro atoms. The standard InChI is InChI=1S/C25H40O2/c1-23(2)21-11-9-18-19-10-8-17(7-5-6-16-26)24(19,3)14-12-20(18)25(21,4)15-13-22(23)27/h16-17,19,21-22,27H,5-15H2,1-4H3. The Hall–Kier alpha value is -0.630. The van der Waals surface area contributed by atoms with Gasteiger partial charge in [0, 0.05) is 6.42 Å². The zero-order valence-electron chi connectivity index (χ0n) is 18.0. The first-order valence-corrected chi connectivity index (χ1v) is 11.6. The summed E-state index contributed by atoms with van der Waals surface area (Å²) in [4.78, 5) is 10.7. The largest absolute Gasteiger partial charge is 0.393 e. The molecule has 2 fully saturated rings. The highest BCUT2D eigenvalue weighted by Crippen LogP contribution is 2.67. The number of unbranched alkanes of at least 4 members (excludes halogenated alkanes) is 1. The molecule has 4 aliphatic carbocycles. The van der Waals surface area contributed by atoms with Gasteiger partial charge in [-0.05, 0) is 98.2 Å². The summed E-state index contributed by atoms with van der Waals surface area (Å²) in [5.74, 6) is 2.23. The van der Waals surface area contributed by atoms with Gasteiger partial charge in [-0.25, -0.2) is 0 Å². The van der Waals surface area contributed by atoms with Crippen molar-refractivity contribution in [2.75, 3.05) is 0 Å². The van der Waals surface area contributed by atoms with Crippen LogP contribution in [0.1, 0.15) is 98.3 Å². The highest BCUT2D eigenvalue weighted by atomic mass is 16.3. The Balaban J connectivity index is 1.63. The molecule has 0 amide bonds. The number of aliphatic hydroxyl groups excluding tert-OH is 1. The predicted octanol–water partition coefficient (Wildman–Crippen LogP) is 6.08. The van der Waals surface area contributed by atoms with Crippen molar-refractivity contribution in [1.29, 1.82) is 0 Å². The third kappa shape index (κ3) is 2.80. The molecule has 4 rings (SSSR count). The van der Waals surface area contributed by atoms with Gasteiger partial charge in [0.2, 0.25) is 0 Å². The van der Waals surface area contributed by atoms with Gasteiger partial charge in [0.15, 0.2) is 0 Å². The molecule has 6 unspecified atom stereocenters. The van der Waals surface area contributed by atoms with Crippen molar-refractivity contribution < 1.29 is 9.90 Å². The third-order valence-corrected chi connectivity index (χ3v) is 9.98. The van der Waals surface area contributed by atoms with Gasteiger partial charge in [-0.1, -0.05) is 38.8 Å². The first-order valence-electron chi connectivity index (χ1n) is 11.6. The summed E-state index contributed by atoms with van der Waals surface area (Å²) in [7, 11) is 0. The van der Waals surface area contributed by atoms with E-state index in [4.69, 9.17) is 0 Å². The molecule has 0 aliphatic heterocycles. The van der Waals surface area contributed by atoms with Crippen LogP contribution in [0.5, 0.6) is 0 Å². The van der Waals surface area contributed by atoms with E-state index in [0.717, 1.165) is 37.4 Å². The maximum Gasteiger partial charge on any atom is 0.119 e. The topological polar surface area (TPSA) is 37.3 Å². The maximum atomic E-state index is 10.7. The van der Waals surface area contributed by atoms with Crippen molar-refractivity contribution in [3.05, 3.63) is 11.1 Å². The summed E-state index contributed by atoms with van der Waals surface area (Å²) in [6.07, 6.45) is 14.0. The van der Waals surface area contributed by atoms with Gasteiger partial charge in [-0.2, -0.15) is 0 Å². The molecule has 1 N–H and O–H groups in total. The van der Waals surface area contributed by atoms with Gasteiger partial charge in [-0.15, -0.1) is 0 Å². The lowest BCUT2D eigenvalue weighted by Crippen LogP contribution is -2.53. The van der Waals surface area contributed by atoms with E-state index in [0.29, 0.717) is 16.7 Å². The van der Waals surface area contributed by atoms with Crippen LogP contribution in [-0.4, -0.2) is 17.5 Å². The highest BCUT2D eigenvalue weighted by Gasteiger charge is 2.58. The molecule has 0 aromatic heterocycles. The average Bonchev–Trinajstić information content (AvgIpc) is 2.96. The van der Waals surface area contributed by atoms with Crippen LogP contribution in [0.15, 0.2) is 11.1 Å². The number of hydrogen-bond acceptors (Lipinski definition) is 2. The zero-order valence-corrected chi connectivity index (χ0v) is 18.0. The second-order valence-corrected chi connectivity index (χ2v) is 11.3. The van der Waals surface area contributed by atoms with Gasteiger partial charge < -0.3 is 9.90 Å². The Labute approximate surface area is 166 Å². The maximum absolute atomic E-state index is 10.7. The van der Waals surface area contributed by atoms with E-state index < -0.39 is 0 Å². The van der Waals surface area contributed by atoms with E-state index in [1.54, 1.807) is 0 Å². The minimum atomic E-state index is -0.139. The monoisotopic (exact) mass is 372 g/mol. The number of fused-ring (bicyclic) bond motifs is 4. The van der Waals surface area contributed by atoms with Crippen molar-refractivity contribution >= 4 is 6.29 Å². The van der Waals surface area contributed by atoms with E-state index in [2.05, 4.69) is 27.7 Å². The second kappa shape index (κ2) is 6.71. The molecule has 6 atom stereocenters. The predicted molar refractivity (Wildman–Crippen MR) is 110 cm³/mol. The normalized spacial score (nSPS) is 45.8. The van der Waals surface area contributed by atoms with E-state index >= 15 is 0 Å². The SMILES string of the molecule is CC12CCC(O)C(C)(C)C1CCC1=C2CCC2(C)C(CCCC=O)CCC12. The first-order chi connectivity index (χ1) is 12.7. The molecular formula is C25H40O2. The zero-order chi connectivity index (χ0) is 19.4. The van der Waals surface area contributed by atoms with Gasteiger partial charge in [0.25, 0.3) is 0 Å². The van der Waals surface area contributed by atoms with Crippen molar-refractivity contribution in [3.8, 4) is 0 Å². The second-order valence-electron chi connectivity index (χ2n) is 11.3. The average molecular weight is 373 g/mol. The van der Waals surface area contributed by atoms with E-state index in [1.807, 2.05) is 11.1 Å². The minimum Gasteiger partial charge on any atom is -0.393 e. The van der Waals surface area contributed by atoms with Crippen LogP contribution in [0.4, 0.5) is 0 Å². The Morgan fingerprint density at radius 2 is 1.81 bits per heavy atom. The molecule has 152 valence electrons. The van der Waals surface area contributed by atoms with Crippen molar-refractivity contribution in [2.45, 2.75) is 104 Å². The van der Waals surface area contributed by atoms with Crippen LogP contribution in [0.3, 0.4) is 0 Å². The number of aliphatic hydroxyl groups is 1.